The SMILES string of the molecule is CC=Cc1ccc(OCC(=O)Nc2ccnn2Cc2cccc(Cl)c2)c(OC)c1. The maximum atomic E-state index is 12.4. The topological polar surface area (TPSA) is 65.4 Å². The number of halogens is 1. The van der Waals surface area contributed by atoms with Gasteiger partial charge in [0.25, 0.3) is 5.91 Å². The number of methoxy groups -OCH3 is 1. The molecule has 1 heterocycles. The van der Waals surface area contributed by atoms with Gasteiger partial charge in [0.2, 0.25) is 0 Å². The highest BCUT2D eigenvalue weighted by atomic mass is 35.5. The molecular formula is C22H22ClN3O3. The van der Waals surface area contributed by atoms with E-state index >= 15 is 0 Å². The van der Waals surface area contributed by atoms with Crippen molar-refractivity contribution in [2.45, 2.75) is 13.5 Å². The molecule has 0 saturated carbocycles. The van der Waals surface area contributed by atoms with Crippen molar-refractivity contribution < 1.29 is 14.3 Å². The summed E-state index contributed by atoms with van der Waals surface area (Å²) < 4.78 is 12.7. The Bertz CT molecular complexity index is 1010. The molecule has 0 aliphatic rings. The molecule has 1 N–H and O–H groups in total. The molecule has 3 rings (SSSR count). The lowest BCUT2D eigenvalue weighted by atomic mass is 10.2. The van der Waals surface area contributed by atoms with Gasteiger partial charge in [-0.1, -0.05) is 42.0 Å². The number of anilines is 1. The van der Waals surface area contributed by atoms with Gasteiger partial charge in [0.1, 0.15) is 5.82 Å². The number of aromatic nitrogens is 2. The minimum atomic E-state index is -0.294. The predicted molar refractivity (Wildman–Crippen MR) is 115 cm³/mol. The highest BCUT2D eigenvalue weighted by Gasteiger charge is 2.11. The molecule has 1 amide bonds. The number of nitrogens with zero attached hydrogens (tertiary/aromatic N) is 2. The molecule has 0 spiro atoms. The summed E-state index contributed by atoms with van der Waals surface area (Å²) in [6.07, 6.45) is 5.53. The van der Waals surface area contributed by atoms with E-state index in [4.69, 9.17) is 21.1 Å². The van der Waals surface area contributed by atoms with Gasteiger partial charge >= 0.3 is 0 Å². The van der Waals surface area contributed by atoms with Crippen LogP contribution in [0.5, 0.6) is 11.5 Å². The molecule has 0 aliphatic heterocycles. The van der Waals surface area contributed by atoms with Gasteiger partial charge in [0.15, 0.2) is 18.1 Å². The van der Waals surface area contributed by atoms with E-state index in [1.165, 1.54) is 0 Å². The zero-order valence-electron chi connectivity index (χ0n) is 16.3. The molecule has 1 aromatic heterocycles. The number of allylic oxidation sites excluding steroid dienone is 1. The summed E-state index contributed by atoms with van der Waals surface area (Å²) in [4.78, 5) is 12.4. The van der Waals surface area contributed by atoms with E-state index in [1.54, 1.807) is 30.1 Å². The first-order valence-electron chi connectivity index (χ1n) is 9.08. The summed E-state index contributed by atoms with van der Waals surface area (Å²) in [7, 11) is 1.57. The normalized spacial score (nSPS) is 10.9. The van der Waals surface area contributed by atoms with Crippen LogP contribution in [0.15, 0.2) is 60.8 Å². The third kappa shape index (κ3) is 5.62. The van der Waals surface area contributed by atoms with Crippen LogP contribution in [-0.4, -0.2) is 29.4 Å². The van der Waals surface area contributed by atoms with Gasteiger partial charge in [0.05, 0.1) is 19.9 Å². The van der Waals surface area contributed by atoms with Crippen LogP contribution in [-0.2, 0) is 11.3 Å². The smallest absolute Gasteiger partial charge is 0.263 e. The summed E-state index contributed by atoms with van der Waals surface area (Å²) >= 11 is 6.03. The average molecular weight is 412 g/mol. The molecule has 6 nitrogen and oxygen atoms in total. The number of benzene rings is 2. The molecule has 0 aliphatic carbocycles. The summed E-state index contributed by atoms with van der Waals surface area (Å²) in [6, 6.07) is 14.8. The van der Waals surface area contributed by atoms with Crippen molar-refractivity contribution in [1.29, 1.82) is 0 Å². The van der Waals surface area contributed by atoms with Crippen LogP contribution in [0.3, 0.4) is 0 Å². The predicted octanol–water partition coefficient (Wildman–Crippen LogP) is 4.64. The third-order valence-corrected chi connectivity index (χ3v) is 4.35. The minimum absolute atomic E-state index is 0.151. The van der Waals surface area contributed by atoms with Gasteiger partial charge in [-0.05, 0) is 42.3 Å². The number of carbonyl (C=O) groups excluding carboxylic acids is 1. The van der Waals surface area contributed by atoms with Crippen LogP contribution >= 0.6 is 11.6 Å². The fourth-order valence-corrected chi connectivity index (χ4v) is 3.01. The summed E-state index contributed by atoms with van der Waals surface area (Å²) in [5.41, 5.74) is 1.98. The second-order valence-corrected chi connectivity index (χ2v) is 6.69. The summed E-state index contributed by atoms with van der Waals surface area (Å²) in [5, 5.41) is 7.73. The zero-order valence-corrected chi connectivity index (χ0v) is 17.0. The van der Waals surface area contributed by atoms with Gasteiger partial charge in [-0.25, -0.2) is 4.68 Å². The first kappa shape index (κ1) is 20.5. The number of ether oxygens (including phenoxy) is 2. The number of amides is 1. The maximum Gasteiger partial charge on any atom is 0.263 e. The van der Waals surface area contributed by atoms with Crippen LogP contribution in [0, 0.1) is 0 Å². The molecule has 0 bridgehead atoms. The molecule has 150 valence electrons. The maximum absolute atomic E-state index is 12.4. The third-order valence-electron chi connectivity index (χ3n) is 4.11. The fourth-order valence-electron chi connectivity index (χ4n) is 2.79. The molecule has 0 saturated heterocycles. The Hall–Kier alpha value is -3.25. The number of carbonyl (C=O) groups is 1. The highest BCUT2D eigenvalue weighted by Crippen LogP contribution is 2.28. The lowest BCUT2D eigenvalue weighted by Gasteiger charge is -2.12. The number of rotatable bonds is 8. The Morgan fingerprint density at radius 2 is 2.07 bits per heavy atom. The second kappa shape index (κ2) is 9.80. The largest absolute Gasteiger partial charge is 0.493 e. The average Bonchev–Trinajstić information content (AvgIpc) is 3.13. The summed E-state index contributed by atoms with van der Waals surface area (Å²) in [5.74, 6) is 1.36. The van der Waals surface area contributed by atoms with E-state index in [2.05, 4.69) is 10.4 Å². The van der Waals surface area contributed by atoms with Gasteiger partial charge in [0, 0.05) is 11.1 Å². The molecule has 0 atom stereocenters. The molecule has 0 radical (unpaired) electrons. The fraction of sp³-hybridized carbons (Fsp3) is 0.182. The van der Waals surface area contributed by atoms with Crippen molar-refractivity contribution >= 4 is 29.4 Å². The number of nitrogens with one attached hydrogen (secondary N) is 1. The van der Waals surface area contributed by atoms with E-state index in [9.17, 15) is 4.79 Å². The Balaban J connectivity index is 1.61. The number of hydrogen-bond acceptors (Lipinski definition) is 4. The van der Waals surface area contributed by atoms with Crippen molar-refractivity contribution in [3.8, 4) is 11.5 Å². The van der Waals surface area contributed by atoms with E-state index < -0.39 is 0 Å². The van der Waals surface area contributed by atoms with Crippen LogP contribution in [0.2, 0.25) is 5.02 Å². The van der Waals surface area contributed by atoms with Crippen LogP contribution in [0.1, 0.15) is 18.1 Å². The Morgan fingerprint density at radius 3 is 2.83 bits per heavy atom. The first-order chi connectivity index (χ1) is 14.1. The second-order valence-electron chi connectivity index (χ2n) is 6.25. The van der Waals surface area contributed by atoms with Crippen molar-refractivity contribution in [3.63, 3.8) is 0 Å². The minimum Gasteiger partial charge on any atom is -0.493 e. The van der Waals surface area contributed by atoms with Gasteiger partial charge < -0.3 is 14.8 Å². The monoisotopic (exact) mass is 411 g/mol. The lowest BCUT2D eigenvalue weighted by molar-refractivity contribution is -0.118. The number of hydrogen-bond donors (Lipinski definition) is 1. The van der Waals surface area contributed by atoms with Crippen LogP contribution < -0.4 is 14.8 Å². The van der Waals surface area contributed by atoms with Gasteiger partial charge in [-0.3, -0.25) is 4.79 Å². The molecular weight excluding hydrogens is 390 g/mol. The Kier molecular flexibility index (Phi) is 6.92. The molecule has 29 heavy (non-hydrogen) atoms. The van der Waals surface area contributed by atoms with Crippen LogP contribution in [0.25, 0.3) is 6.08 Å². The molecule has 2 aromatic carbocycles. The van der Waals surface area contributed by atoms with Crippen molar-refractivity contribution in [2.24, 2.45) is 0 Å². The Morgan fingerprint density at radius 1 is 1.21 bits per heavy atom. The lowest BCUT2D eigenvalue weighted by Crippen LogP contribution is -2.22. The van der Waals surface area contributed by atoms with E-state index in [0.717, 1.165) is 11.1 Å². The van der Waals surface area contributed by atoms with E-state index in [0.29, 0.717) is 28.9 Å². The van der Waals surface area contributed by atoms with E-state index in [1.807, 2.05) is 55.5 Å². The molecule has 3 aromatic rings. The van der Waals surface area contributed by atoms with Crippen molar-refractivity contribution in [2.75, 3.05) is 19.0 Å². The highest BCUT2D eigenvalue weighted by molar-refractivity contribution is 6.30. The van der Waals surface area contributed by atoms with E-state index in [-0.39, 0.29) is 12.5 Å². The molecule has 7 heteroatoms. The van der Waals surface area contributed by atoms with Crippen molar-refractivity contribution in [3.05, 3.63) is 77.0 Å². The van der Waals surface area contributed by atoms with Gasteiger partial charge in [-0.15, -0.1) is 0 Å². The van der Waals surface area contributed by atoms with Gasteiger partial charge in [-0.2, -0.15) is 5.10 Å². The first-order valence-corrected chi connectivity index (χ1v) is 9.46. The summed E-state index contributed by atoms with van der Waals surface area (Å²) in [6.45, 7) is 2.28. The quantitative estimate of drug-likeness (QED) is 0.586. The molecule has 0 fully saturated rings. The molecule has 0 unspecified atom stereocenters. The van der Waals surface area contributed by atoms with Crippen molar-refractivity contribution in [1.82, 2.24) is 9.78 Å². The van der Waals surface area contributed by atoms with Crippen LogP contribution in [0.4, 0.5) is 5.82 Å². The Labute approximate surface area is 174 Å². The zero-order chi connectivity index (χ0) is 20.6. The standard InChI is InChI=1S/C22H22ClN3O3/c1-3-5-16-8-9-19(20(13-16)28-2)29-15-22(27)25-21-10-11-24-26(21)14-17-6-4-7-18(23)12-17/h3-13H,14-15H2,1-2H3,(H,25,27).